The molecule has 1 aromatic carbocycles. The molecule has 2 aromatic rings. The van der Waals surface area contributed by atoms with Crippen LogP contribution in [0.5, 0.6) is 11.6 Å². The fourth-order valence-corrected chi connectivity index (χ4v) is 3.19. The molecule has 1 saturated heterocycles. The Labute approximate surface area is 159 Å². The van der Waals surface area contributed by atoms with Crippen LogP contribution in [0, 0.1) is 5.82 Å². The average molecular weight is 372 g/mol. The molecule has 6 nitrogen and oxygen atoms in total. The summed E-state index contributed by atoms with van der Waals surface area (Å²) in [7, 11) is 0. The number of nitrogens with zero attached hydrogens (tertiary/aromatic N) is 4. The van der Waals surface area contributed by atoms with Gasteiger partial charge in [0.2, 0.25) is 11.8 Å². The van der Waals surface area contributed by atoms with Crippen LogP contribution in [0.1, 0.15) is 33.1 Å². The number of ether oxygens (including phenoxy) is 1. The minimum atomic E-state index is -0.314. The first-order valence-corrected chi connectivity index (χ1v) is 9.36. The van der Waals surface area contributed by atoms with Crippen LogP contribution in [0.3, 0.4) is 0 Å². The van der Waals surface area contributed by atoms with Gasteiger partial charge in [0.25, 0.3) is 0 Å². The molecule has 144 valence electrons. The summed E-state index contributed by atoms with van der Waals surface area (Å²) in [5.74, 6) is 1.59. The van der Waals surface area contributed by atoms with E-state index < -0.39 is 0 Å². The van der Waals surface area contributed by atoms with Gasteiger partial charge in [-0.3, -0.25) is 4.79 Å². The molecule has 1 unspecified atom stereocenters. The second kappa shape index (κ2) is 8.79. The van der Waals surface area contributed by atoms with Gasteiger partial charge in [-0.05, 0) is 37.6 Å². The Balaban J connectivity index is 1.64. The lowest BCUT2D eigenvalue weighted by atomic mass is 10.1. The van der Waals surface area contributed by atoms with E-state index in [1.54, 1.807) is 18.2 Å². The van der Waals surface area contributed by atoms with Crippen LogP contribution in [0.25, 0.3) is 0 Å². The fraction of sp³-hybridized carbons (Fsp3) is 0.450. The van der Waals surface area contributed by atoms with Gasteiger partial charge in [0.15, 0.2) is 0 Å². The third-order valence-electron chi connectivity index (χ3n) is 4.68. The number of halogens is 1. The summed E-state index contributed by atoms with van der Waals surface area (Å²) >= 11 is 0. The topological polar surface area (TPSA) is 58.6 Å². The molecule has 1 aromatic heterocycles. The molecule has 0 spiro atoms. The van der Waals surface area contributed by atoms with Gasteiger partial charge >= 0.3 is 0 Å². The Bertz CT molecular complexity index is 769. The van der Waals surface area contributed by atoms with E-state index in [0.717, 1.165) is 25.2 Å². The number of hydrogen-bond acceptors (Lipinski definition) is 5. The highest BCUT2D eigenvalue weighted by Gasteiger charge is 2.27. The van der Waals surface area contributed by atoms with Crippen LogP contribution in [0.4, 0.5) is 10.2 Å². The molecule has 1 fully saturated rings. The summed E-state index contributed by atoms with van der Waals surface area (Å²) in [6.07, 6.45) is 4.03. The lowest BCUT2D eigenvalue weighted by Crippen LogP contribution is -2.54. The predicted octanol–water partition coefficient (Wildman–Crippen LogP) is 3.64. The Morgan fingerprint density at radius 3 is 2.74 bits per heavy atom. The molecule has 1 aliphatic heterocycles. The Morgan fingerprint density at radius 1 is 1.26 bits per heavy atom. The molecule has 2 heterocycles. The zero-order chi connectivity index (χ0) is 19.2. The third-order valence-corrected chi connectivity index (χ3v) is 4.68. The van der Waals surface area contributed by atoms with Gasteiger partial charge in [-0.2, -0.15) is 0 Å². The van der Waals surface area contributed by atoms with Gasteiger partial charge in [-0.25, -0.2) is 14.4 Å². The molecule has 7 heteroatoms. The van der Waals surface area contributed by atoms with Crippen LogP contribution < -0.4 is 9.64 Å². The Morgan fingerprint density at radius 2 is 2.04 bits per heavy atom. The number of hydrogen-bond donors (Lipinski definition) is 0. The normalized spacial score (nSPS) is 17.1. The van der Waals surface area contributed by atoms with E-state index in [9.17, 15) is 9.18 Å². The number of carbonyl (C=O) groups is 1. The molecule has 1 amide bonds. The zero-order valence-electron chi connectivity index (χ0n) is 15.8. The maximum absolute atomic E-state index is 13.0. The van der Waals surface area contributed by atoms with Gasteiger partial charge in [0.1, 0.15) is 23.7 Å². The van der Waals surface area contributed by atoms with Gasteiger partial charge in [-0.1, -0.05) is 13.3 Å². The number of unbranched alkanes of at least 4 members (excludes halogenated alkanes) is 1. The summed E-state index contributed by atoms with van der Waals surface area (Å²) in [6.45, 7) is 6.27. The smallest absolute Gasteiger partial charge is 0.224 e. The van der Waals surface area contributed by atoms with Gasteiger partial charge in [0, 0.05) is 38.2 Å². The molecule has 0 bridgehead atoms. The van der Waals surface area contributed by atoms with Crippen molar-refractivity contribution in [2.75, 3.05) is 24.5 Å². The number of piperazine rings is 1. The first-order valence-electron chi connectivity index (χ1n) is 9.36. The molecule has 1 atom stereocenters. The molecular weight excluding hydrogens is 347 g/mol. The Hall–Kier alpha value is -2.70. The molecular formula is C20H25FN4O2. The first-order chi connectivity index (χ1) is 13.1. The molecule has 0 saturated carbocycles. The number of anilines is 1. The van der Waals surface area contributed by atoms with Crippen molar-refractivity contribution in [1.29, 1.82) is 0 Å². The maximum Gasteiger partial charge on any atom is 0.224 e. The molecule has 0 N–H and O–H groups in total. The van der Waals surface area contributed by atoms with Crippen LogP contribution in [-0.4, -0.2) is 46.5 Å². The number of aromatic nitrogens is 2. The summed E-state index contributed by atoms with van der Waals surface area (Å²) < 4.78 is 18.7. The van der Waals surface area contributed by atoms with Crippen molar-refractivity contribution in [1.82, 2.24) is 14.9 Å². The van der Waals surface area contributed by atoms with E-state index >= 15 is 0 Å². The quantitative estimate of drug-likeness (QED) is 0.775. The van der Waals surface area contributed by atoms with Crippen molar-refractivity contribution in [2.45, 2.75) is 39.2 Å². The van der Waals surface area contributed by atoms with Crippen molar-refractivity contribution in [2.24, 2.45) is 0 Å². The van der Waals surface area contributed by atoms with E-state index in [2.05, 4.69) is 28.7 Å². The average Bonchev–Trinajstić information content (AvgIpc) is 2.68. The molecule has 3 rings (SSSR count). The van der Waals surface area contributed by atoms with Crippen molar-refractivity contribution in [3.05, 3.63) is 42.5 Å². The SMILES string of the molecule is CCCCC(=O)N1CCN(c2cc(Oc3ccc(F)cc3)ncn2)CC1C. The van der Waals surface area contributed by atoms with Crippen molar-refractivity contribution >= 4 is 11.7 Å². The Kier molecular flexibility index (Phi) is 6.21. The minimum absolute atomic E-state index is 0.125. The molecule has 0 radical (unpaired) electrons. The number of carbonyl (C=O) groups excluding carboxylic acids is 1. The molecule has 0 aliphatic carbocycles. The van der Waals surface area contributed by atoms with Crippen LogP contribution >= 0.6 is 0 Å². The monoisotopic (exact) mass is 372 g/mol. The summed E-state index contributed by atoms with van der Waals surface area (Å²) in [6, 6.07) is 7.69. The number of benzene rings is 1. The van der Waals surface area contributed by atoms with Gasteiger partial charge < -0.3 is 14.5 Å². The van der Waals surface area contributed by atoms with E-state index in [0.29, 0.717) is 31.1 Å². The zero-order valence-corrected chi connectivity index (χ0v) is 15.8. The summed E-state index contributed by atoms with van der Waals surface area (Å²) in [5.41, 5.74) is 0. The largest absolute Gasteiger partial charge is 0.439 e. The van der Waals surface area contributed by atoms with Crippen molar-refractivity contribution in [3.63, 3.8) is 0 Å². The summed E-state index contributed by atoms with van der Waals surface area (Å²) in [5, 5.41) is 0. The number of amides is 1. The minimum Gasteiger partial charge on any atom is -0.439 e. The highest BCUT2D eigenvalue weighted by atomic mass is 19.1. The fourth-order valence-electron chi connectivity index (χ4n) is 3.19. The molecule has 27 heavy (non-hydrogen) atoms. The van der Waals surface area contributed by atoms with Crippen molar-refractivity contribution in [3.8, 4) is 11.6 Å². The second-order valence-corrected chi connectivity index (χ2v) is 6.76. The predicted molar refractivity (Wildman–Crippen MR) is 101 cm³/mol. The lowest BCUT2D eigenvalue weighted by molar-refractivity contribution is -0.133. The standard InChI is InChI=1S/C20H25FN4O2/c1-3-4-5-20(26)25-11-10-24(13-15(25)2)18-12-19(23-14-22-18)27-17-8-6-16(21)7-9-17/h6-9,12,14-15H,3-5,10-11,13H2,1-2H3. The number of rotatable bonds is 6. The highest BCUT2D eigenvalue weighted by Crippen LogP contribution is 2.24. The van der Waals surface area contributed by atoms with E-state index in [1.807, 2.05) is 4.90 Å². The van der Waals surface area contributed by atoms with E-state index in [-0.39, 0.29) is 17.8 Å². The molecule has 1 aliphatic rings. The van der Waals surface area contributed by atoms with Crippen molar-refractivity contribution < 1.29 is 13.9 Å². The van der Waals surface area contributed by atoms with Crippen LogP contribution in [0.15, 0.2) is 36.7 Å². The second-order valence-electron chi connectivity index (χ2n) is 6.76. The van der Waals surface area contributed by atoms with Crippen LogP contribution in [0.2, 0.25) is 0 Å². The first kappa shape index (κ1) is 19.1. The van der Waals surface area contributed by atoms with Gasteiger partial charge in [-0.15, -0.1) is 0 Å². The van der Waals surface area contributed by atoms with E-state index in [1.165, 1.54) is 18.5 Å². The highest BCUT2D eigenvalue weighted by molar-refractivity contribution is 5.76. The van der Waals surface area contributed by atoms with Gasteiger partial charge in [0.05, 0.1) is 0 Å². The third kappa shape index (κ3) is 4.93. The maximum atomic E-state index is 13.0. The summed E-state index contributed by atoms with van der Waals surface area (Å²) in [4.78, 5) is 24.9. The van der Waals surface area contributed by atoms with E-state index in [4.69, 9.17) is 4.74 Å². The van der Waals surface area contributed by atoms with Crippen LogP contribution in [-0.2, 0) is 4.79 Å². The lowest BCUT2D eigenvalue weighted by Gasteiger charge is -2.40.